The van der Waals surface area contributed by atoms with Crippen LogP contribution >= 0.6 is 23.2 Å². The molecule has 2 aromatic carbocycles. The van der Waals surface area contributed by atoms with Crippen molar-refractivity contribution in [1.29, 1.82) is 0 Å². The lowest BCUT2D eigenvalue weighted by Crippen LogP contribution is -2.21. The fourth-order valence-corrected chi connectivity index (χ4v) is 3.28. The molecule has 0 bridgehead atoms. The van der Waals surface area contributed by atoms with Gasteiger partial charge in [0.25, 0.3) is 0 Å². The third-order valence-corrected chi connectivity index (χ3v) is 4.67. The van der Waals surface area contributed by atoms with Gasteiger partial charge in [0.15, 0.2) is 0 Å². The number of benzene rings is 2. The third-order valence-electron chi connectivity index (χ3n) is 3.96. The Morgan fingerprint density at radius 1 is 1.00 bits per heavy atom. The van der Waals surface area contributed by atoms with Gasteiger partial charge >= 0.3 is 0 Å². The van der Waals surface area contributed by atoms with Crippen LogP contribution in [-0.4, -0.2) is 10.6 Å². The van der Waals surface area contributed by atoms with Gasteiger partial charge in [-0.25, -0.2) is 0 Å². The van der Waals surface area contributed by atoms with Crippen LogP contribution in [0.3, 0.4) is 0 Å². The molecule has 0 saturated carbocycles. The number of fused-ring (bicyclic) bond motifs is 1. The van der Waals surface area contributed by atoms with Crippen molar-refractivity contribution in [3.8, 4) is 0 Å². The lowest BCUT2D eigenvalue weighted by molar-refractivity contribution is 0.589. The lowest BCUT2D eigenvalue weighted by atomic mass is 10.1. The standard InChI is InChI=1S/C19H20Cl2N2/c1-13(2)22-10-14-11-23(19-9-4-3-6-15(14)19)12-16-17(20)7-5-8-18(16)21/h3-9,11,13,22H,10,12H2,1-2H3. The average Bonchev–Trinajstić information content (AvgIpc) is 2.87. The summed E-state index contributed by atoms with van der Waals surface area (Å²) in [6.45, 7) is 5.83. The fraction of sp³-hybridized carbons (Fsp3) is 0.263. The highest BCUT2D eigenvalue weighted by molar-refractivity contribution is 6.36. The van der Waals surface area contributed by atoms with E-state index >= 15 is 0 Å². The molecular formula is C19H20Cl2N2. The number of hydrogen-bond acceptors (Lipinski definition) is 1. The van der Waals surface area contributed by atoms with Gasteiger partial charge in [-0.2, -0.15) is 0 Å². The van der Waals surface area contributed by atoms with E-state index in [2.05, 4.69) is 54.2 Å². The molecule has 1 N–H and O–H groups in total. The van der Waals surface area contributed by atoms with Gasteiger partial charge in [-0.05, 0) is 23.8 Å². The average molecular weight is 347 g/mol. The van der Waals surface area contributed by atoms with Gasteiger partial charge in [-0.1, -0.05) is 61.3 Å². The number of rotatable bonds is 5. The molecule has 0 amide bonds. The molecule has 3 rings (SSSR count). The van der Waals surface area contributed by atoms with Crippen molar-refractivity contribution in [3.63, 3.8) is 0 Å². The van der Waals surface area contributed by atoms with E-state index in [1.54, 1.807) is 0 Å². The molecule has 0 atom stereocenters. The monoisotopic (exact) mass is 346 g/mol. The third kappa shape index (κ3) is 3.55. The van der Waals surface area contributed by atoms with Gasteiger partial charge in [0.05, 0.1) is 6.54 Å². The molecule has 0 saturated heterocycles. The zero-order chi connectivity index (χ0) is 16.4. The predicted molar refractivity (Wildman–Crippen MR) is 99.5 cm³/mol. The summed E-state index contributed by atoms with van der Waals surface area (Å²) in [5, 5.41) is 6.17. The van der Waals surface area contributed by atoms with E-state index in [-0.39, 0.29) is 0 Å². The minimum Gasteiger partial charge on any atom is -0.343 e. The summed E-state index contributed by atoms with van der Waals surface area (Å²) in [6, 6.07) is 14.5. The van der Waals surface area contributed by atoms with Gasteiger partial charge in [-0.15, -0.1) is 0 Å². The Morgan fingerprint density at radius 2 is 1.70 bits per heavy atom. The molecule has 23 heavy (non-hydrogen) atoms. The topological polar surface area (TPSA) is 17.0 Å². The van der Waals surface area contributed by atoms with Crippen LogP contribution in [0.1, 0.15) is 25.0 Å². The van der Waals surface area contributed by atoms with Crippen LogP contribution in [0.15, 0.2) is 48.7 Å². The van der Waals surface area contributed by atoms with Gasteiger partial charge in [-0.3, -0.25) is 0 Å². The first kappa shape index (κ1) is 16.4. The number of hydrogen-bond donors (Lipinski definition) is 1. The predicted octanol–water partition coefficient (Wildman–Crippen LogP) is 5.49. The van der Waals surface area contributed by atoms with Crippen LogP contribution in [0, 0.1) is 0 Å². The molecule has 1 heterocycles. The number of para-hydroxylation sites is 1. The van der Waals surface area contributed by atoms with E-state index in [0.29, 0.717) is 22.6 Å². The minimum atomic E-state index is 0.454. The summed E-state index contributed by atoms with van der Waals surface area (Å²) in [5.41, 5.74) is 3.45. The second-order valence-corrected chi connectivity index (χ2v) is 6.85. The van der Waals surface area contributed by atoms with E-state index < -0.39 is 0 Å². The van der Waals surface area contributed by atoms with Crippen molar-refractivity contribution in [3.05, 3.63) is 69.8 Å². The highest BCUT2D eigenvalue weighted by atomic mass is 35.5. The van der Waals surface area contributed by atoms with Crippen LogP contribution in [0.5, 0.6) is 0 Å². The number of nitrogens with zero attached hydrogens (tertiary/aromatic N) is 1. The molecule has 0 unspecified atom stereocenters. The second-order valence-electron chi connectivity index (χ2n) is 6.04. The van der Waals surface area contributed by atoms with Crippen LogP contribution in [0.25, 0.3) is 10.9 Å². The Hall–Kier alpha value is -1.48. The van der Waals surface area contributed by atoms with Crippen molar-refractivity contribution in [2.45, 2.75) is 33.0 Å². The van der Waals surface area contributed by atoms with Gasteiger partial charge < -0.3 is 9.88 Å². The molecule has 0 aliphatic heterocycles. The van der Waals surface area contributed by atoms with Crippen molar-refractivity contribution >= 4 is 34.1 Å². The maximum atomic E-state index is 6.33. The van der Waals surface area contributed by atoms with E-state index in [0.717, 1.165) is 12.1 Å². The van der Waals surface area contributed by atoms with Crippen LogP contribution < -0.4 is 5.32 Å². The molecule has 0 aliphatic carbocycles. The summed E-state index contributed by atoms with van der Waals surface area (Å²) in [7, 11) is 0. The van der Waals surface area contributed by atoms with E-state index in [9.17, 15) is 0 Å². The first-order valence-corrected chi connectivity index (χ1v) is 8.55. The largest absolute Gasteiger partial charge is 0.343 e. The smallest absolute Gasteiger partial charge is 0.0505 e. The second kappa shape index (κ2) is 6.96. The zero-order valence-electron chi connectivity index (χ0n) is 13.3. The number of halogens is 2. The van der Waals surface area contributed by atoms with E-state index in [1.165, 1.54) is 16.5 Å². The Morgan fingerprint density at radius 3 is 2.39 bits per heavy atom. The molecular weight excluding hydrogens is 327 g/mol. The summed E-state index contributed by atoms with van der Waals surface area (Å²) in [4.78, 5) is 0. The van der Waals surface area contributed by atoms with Gasteiger partial charge in [0.2, 0.25) is 0 Å². The molecule has 3 aromatic rings. The highest BCUT2D eigenvalue weighted by Crippen LogP contribution is 2.28. The van der Waals surface area contributed by atoms with E-state index in [1.807, 2.05) is 18.2 Å². The maximum absolute atomic E-state index is 6.33. The Labute approximate surface area is 147 Å². The molecule has 2 nitrogen and oxygen atoms in total. The summed E-state index contributed by atoms with van der Waals surface area (Å²) in [5.74, 6) is 0. The van der Waals surface area contributed by atoms with Crippen molar-refractivity contribution in [2.24, 2.45) is 0 Å². The Balaban J connectivity index is 2.01. The first-order chi connectivity index (χ1) is 11.1. The van der Waals surface area contributed by atoms with Crippen LogP contribution in [0.2, 0.25) is 10.0 Å². The van der Waals surface area contributed by atoms with Crippen LogP contribution in [0.4, 0.5) is 0 Å². The fourth-order valence-electron chi connectivity index (χ4n) is 2.76. The molecule has 0 radical (unpaired) electrons. The molecule has 4 heteroatoms. The van der Waals surface area contributed by atoms with E-state index in [4.69, 9.17) is 23.2 Å². The van der Waals surface area contributed by atoms with Gasteiger partial charge in [0, 0.05) is 45.3 Å². The number of aromatic nitrogens is 1. The zero-order valence-corrected chi connectivity index (χ0v) is 14.8. The van der Waals surface area contributed by atoms with Crippen molar-refractivity contribution in [1.82, 2.24) is 9.88 Å². The minimum absolute atomic E-state index is 0.454. The summed E-state index contributed by atoms with van der Waals surface area (Å²) >= 11 is 12.7. The molecule has 1 aromatic heterocycles. The maximum Gasteiger partial charge on any atom is 0.0505 e. The SMILES string of the molecule is CC(C)NCc1cn(Cc2c(Cl)cccc2Cl)c2ccccc12. The number of nitrogens with one attached hydrogen (secondary N) is 1. The van der Waals surface area contributed by atoms with Gasteiger partial charge in [0.1, 0.15) is 0 Å². The summed E-state index contributed by atoms with van der Waals surface area (Å²) in [6.07, 6.45) is 2.19. The molecule has 120 valence electrons. The van der Waals surface area contributed by atoms with Crippen LogP contribution in [-0.2, 0) is 13.1 Å². The quantitative estimate of drug-likeness (QED) is 0.645. The summed E-state index contributed by atoms with van der Waals surface area (Å²) < 4.78 is 2.22. The van der Waals surface area contributed by atoms with Crippen molar-refractivity contribution < 1.29 is 0 Å². The normalized spacial score (nSPS) is 11.5. The molecule has 0 spiro atoms. The lowest BCUT2D eigenvalue weighted by Gasteiger charge is -2.09. The molecule has 0 fully saturated rings. The highest BCUT2D eigenvalue weighted by Gasteiger charge is 2.12. The first-order valence-electron chi connectivity index (χ1n) is 7.79. The Kier molecular flexibility index (Phi) is 4.96. The van der Waals surface area contributed by atoms with Crippen molar-refractivity contribution in [2.75, 3.05) is 0 Å². The Bertz CT molecular complexity index is 801. The molecule has 0 aliphatic rings.